The Kier molecular flexibility index (Phi) is 6.89. The molecule has 0 spiro atoms. The minimum atomic E-state index is -1.54. The van der Waals surface area contributed by atoms with E-state index in [1.165, 1.54) is 12.2 Å². The van der Waals surface area contributed by atoms with E-state index in [0.29, 0.717) is 35.7 Å². The number of halogens is 3. The van der Waals surface area contributed by atoms with Crippen LogP contribution in [0.25, 0.3) is 0 Å². The van der Waals surface area contributed by atoms with Gasteiger partial charge in [-0.25, -0.2) is 8.78 Å². The van der Waals surface area contributed by atoms with E-state index in [1.807, 2.05) is 56.3 Å². The van der Waals surface area contributed by atoms with Crippen LogP contribution in [0.4, 0.5) is 8.78 Å². The first-order valence-electron chi connectivity index (χ1n) is 11.4. The van der Waals surface area contributed by atoms with Gasteiger partial charge in [-0.2, -0.15) is 10.5 Å². The molecule has 4 rings (SSSR count). The molecule has 174 valence electrons. The number of nitrogens with zero attached hydrogens (tertiary/aromatic N) is 3. The number of alkyl halides is 1. The number of hydrogen-bond donors (Lipinski definition) is 0. The van der Waals surface area contributed by atoms with E-state index >= 15 is 4.39 Å². The van der Waals surface area contributed by atoms with Crippen molar-refractivity contribution in [2.45, 2.75) is 32.5 Å². The third-order valence-corrected chi connectivity index (χ3v) is 7.00. The number of allylic oxidation sites excluding steroid dienone is 4. The first kappa shape index (κ1) is 24.1. The molecule has 0 radical (unpaired) electrons. The molecule has 0 aromatic heterocycles. The Morgan fingerprint density at radius 3 is 2.44 bits per heavy atom. The molecule has 0 bridgehead atoms. The molecule has 1 heterocycles. The van der Waals surface area contributed by atoms with E-state index in [2.05, 4.69) is 17.0 Å². The van der Waals surface area contributed by atoms with Gasteiger partial charge in [0.15, 0.2) is 0 Å². The fourth-order valence-electron chi connectivity index (χ4n) is 5.10. The average molecular weight is 478 g/mol. The maximum Gasteiger partial charge on any atom is 0.144 e. The average Bonchev–Trinajstić information content (AvgIpc) is 2.79. The zero-order chi connectivity index (χ0) is 24.5. The molecule has 1 fully saturated rings. The smallest absolute Gasteiger partial charge is 0.144 e. The largest absolute Gasteiger partial charge is 0.292 e. The van der Waals surface area contributed by atoms with E-state index < -0.39 is 17.4 Å². The van der Waals surface area contributed by atoms with Crippen LogP contribution in [0.3, 0.4) is 0 Å². The van der Waals surface area contributed by atoms with Gasteiger partial charge in [0.25, 0.3) is 0 Å². The summed E-state index contributed by atoms with van der Waals surface area (Å²) < 4.78 is 30.3. The Labute approximate surface area is 204 Å². The van der Waals surface area contributed by atoms with Gasteiger partial charge in [0, 0.05) is 24.0 Å². The van der Waals surface area contributed by atoms with Gasteiger partial charge in [-0.1, -0.05) is 49.7 Å². The molecule has 1 aliphatic heterocycles. The van der Waals surface area contributed by atoms with Crippen LogP contribution in [-0.2, 0) is 0 Å². The van der Waals surface area contributed by atoms with Gasteiger partial charge < -0.3 is 0 Å². The van der Waals surface area contributed by atoms with Gasteiger partial charge in [0.05, 0.1) is 23.7 Å². The maximum atomic E-state index is 15.7. The molecule has 2 aromatic carbocycles. The molecule has 6 heteroatoms. The fraction of sp³-hybridized carbons (Fsp3) is 0.357. The molecule has 1 saturated heterocycles. The molecule has 1 unspecified atom stereocenters. The van der Waals surface area contributed by atoms with Crippen molar-refractivity contribution in [1.82, 2.24) is 4.90 Å². The van der Waals surface area contributed by atoms with Crippen LogP contribution in [0.2, 0.25) is 5.02 Å². The Morgan fingerprint density at radius 1 is 1.12 bits per heavy atom. The van der Waals surface area contributed by atoms with Crippen molar-refractivity contribution in [2.24, 2.45) is 17.3 Å². The SMILES string of the molecule is CC(C)CC1=CC(F)=C[C@](C#N)(C2CN([C@@H](c3ccc(Cl)cc3)c3cccc(C#N)c3)C2)C1F. The van der Waals surface area contributed by atoms with E-state index in [4.69, 9.17) is 11.6 Å². The second-order valence-electron chi connectivity index (χ2n) is 9.60. The molecule has 3 atom stereocenters. The minimum Gasteiger partial charge on any atom is -0.292 e. The summed E-state index contributed by atoms with van der Waals surface area (Å²) in [5.74, 6) is -0.741. The normalized spacial score (nSPS) is 23.9. The van der Waals surface area contributed by atoms with Crippen molar-refractivity contribution in [1.29, 1.82) is 10.5 Å². The van der Waals surface area contributed by atoms with E-state index in [9.17, 15) is 14.9 Å². The van der Waals surface area contributed by atoms with Crippen LogP contribution < -0.4 is 0 Å². The minimum absolute atomic E-state index is 0.159. The highest BCUT2D eigenvalue weighted by molar-refractivity contribution is 6.30. The summed E-state index contributed by atoms with van der Waals surface area (Å²) in [6, 6.07) is 19.0. The third kappa shape index (κ3) is 4.51. The lowest BCUT2D eigenvalue weighted by Gasteiger charge is -2.51. The molecule has 0 N–H and O–H groups in total. The predicted molar refractivity (Wildman–Crippen MR) is 129 cm³/mol. The molecule has 2 aliphatic rings. The first-order chi connectivity index (χ1) is 16.3. The lowest BCUT2D eigenvalue weighted by Crippen LogP contribution is -2.58. The first-order valence-corrected chi connectivity index (χ1v) is 11.8. The molecule has 2 aromatic rings. The van der Waals surface area contributed by atoms with Crippen molar-refractivity contribution >= 4 is 11.6 Å². The lowest BCUT2D eigenvalue weighted by atomic mass is 9.64. The van der Waals surface area contributed by atoms with Crippen LogP contribution in [-0.4, -0.2) is 24.2 Å². The molecule has 0 saturated carbocycles. The van der Waals surface area contributed by atoms with Gasteiger partial charge in [-0.05, 0) is 65.5 Å². The van der Waals surface area contributed by atoms with Gasteiger partial charge in [-0.15, -0.1) is 0 Å². The predicted octanol–water partition coefficient (Wildman–Crippen LogP) is 6.92. The second-order valence-corrected chi connectivity index (χ2v) is 10.0. The number of likely N-dealkylation sites (tertiary alicyclic amines) is 1. The topological polar surface area (TPSA) is 50.8 Å². The summed E-state index contributed by atoms with van der Waals surface area (Å²) >= 11 is 6.10. The van der Waals surface area contributed by atoms with Gasteiger partial charge in [-0.3, -0.25) is 4.90 Å². The van der Waals surface area contributed by atoms with Crippen LogP contribution >= 0.6 is 11.6 Å². The van der Waals surface area contributed by atoms with Crippen molar-refractivity contribution in [2.75, 3.05) is 13.1 Å². The summed E-state index contributed by atoms with van der Waals surface area (Å²) in [5.41, 5.74) is 1.27. The highest BCUT2D eigenvalue weighted by Crippen LogP contribution is 2.49. The van der Waals surface area contributed by atoms with Gasteiger partial charge >= 0.3 is 0 Å². The van der Waals surface area contributed by atoms with E-state index in [-0.39, 0.29) is 17.9 Å². The van der Waals surface area contributed by atoms with Crippen molar-refractivity contribution in [3.63, 3.8) is 0 Å². The molecular formula is C28H26ClF2N3. The Hall–Kier alpha value is -2.99. The fourth-order valence-corrected chi connectivity index (χ4v) is 5.23. The van der Waals surface area contributed by atoms with Crippen LogP contribution in [0.15, 0.2) is 72.1 Å². The Balaban J connectivity index is 1.64. The monoisotopic (exact) mass is 477 g/mol. The van der Waals surface area contributed by atoms with Crippen molar-refractivity contribution in [3.05, 3.63) is 93.8 Å². The highest BCUT2D eigenvalue weighted by Gasteiger charge is 2.54. The highest BCUT2D eigenvalue weighted by atomic mass is 35.5. The standard InChI is InChI=1S/C28H26ClF2N3/c1-18(2)10-22-12-25(30)13-28(17-33,27(22)31)23-15-34(16-23)26(20-6-8-24(29)9-7-20)21-5-3-4-19(11-21)14-32/h3-9,11-13,18,23,26-27H,10,15-16H2,1-2H3/t26-,27?,28-/m0/s1. The lowest BCUT2D eigenvalue weighted by molar-refractivity contribution is -0.00443. The van der Waals surface area contributed by atoms with Crippen molar-refractivity contribution < 1.29 is 8.78 Å². The zero-order valence-corrected chi connectivity index (χ0v) is 19.9. The maximum absolute atomic E-state index is 15.7. The number of hydrogen-bond acceptors (Lipinski definition) is 3. The summed E-state index contributed by atoms with van der Waals surface area (Å²) in [7, 11) is 0. The number of benzene rings is 2. The Morgan fingerprint density at radius 2 is 1.82 bits per heavy atom. The molecule has 3 nitrogen and oxygen atoms in total. The summed E-state index contributed by atoms with van der Waals surface area (Å²) in [6.07, 6.45) is 1.30. The summed E-state index contributed by atoms with van der Waals surface area (Å²) in [6.45, 7) is 4.76. The van der Waals surface area contributed by atoms with Gasteiger partial charge in [0.1, 0.15) is 17.4 Å². The van der Waals surface area contributed by atoms with E-state index in [1.54, 1.807) is 6.07 Å². The van der Waals surface area contributed by atoms with Crippen LogP contribution in [0.5, 0.6) is 0 Å². The molecule has 34 heavy (non-hydrogen) atoms. The summed E-state index contributed by atoms with van der Waals surface area (Å²) in [5, 5.41) is 20.1. The van der Waals surface area contributed by atoms with Gasteiger partial charge in [0.2, 0.25) is 0 Å². The number of nitriles is 2. The quantitative estimate of drug-likeness (QED) is 0.453. The zero-order valence-electron chi connectivity index (χ0n) is 19.2. The van der Waals surface area contributed by atoms with Crippen molar-refractivity contribution in [3.8, 4) is 12.1 Å². The molecular weight excluding hydrogens is 452 g/mol. The molecule has 0 amide bonds. The second kappa shape index (κ2) is 9.71. The third-order valence-electron chi connectivity index (χ3n) is 6.75. The molecule has 1 aliphatic carbocycles. The van der Waals surface area contributed by atoms with Crippen LogP contribution in [0.1, 0.15) is 43.0 Å². The van der Waals surface area contributed by atoms with Crippen LogP contribution in [0, 0.1) is 39.9 Å². The number of rotatable bonds is 6. The summed E-state index contributed by atoms with van der Waals surface area (Å²) in [4.78, 5) is 2.14. The van der Waals surface area contributed by atoms with E-state index in [0.717, 1.165) is 11.1 Å². The Bertz CT molecular complexity index is 1200.